The van der Waals surface area contributed by atoms with E-state index in [-0.39, 0.29) is 30.0 Å². The van der Waals surface area contributed by atoms with Crippen molar-refractivity contribution >= 4 is 20.0 Å². The fraction of sp³-hybridized carbons (Fsp3) is 0.857. The Hall–Kier alpha value is -1.04. The zero-order valence-electron chi connectivity index (χ0n) is 14.6. The van der Waals surface area contributed by atoms with E-state index in [0.717, 1.165) is 0 Å². The molecule has 1 N–H and O–H groups in total. The van der Waals surface area contributed by atoms with Crippen LogP contribution in [0.25, 0.3) is 0 Å². The lowest BCUT2D eigenvalue weighted by Crippen LogP contribution is -2.40. The van der Waals surface area contributed by atoms with Crippen LogP contribution >= 0.6 is 0 Å². The van der Waals surface area contributed by atoms with Crippen LogP contribution in [0.2, 0.25) is 0 Å². The Labute approximate surface area is 148 Å². The number of rotatable bonds is 6. The molecule has 3 rings (SSSR count). The van der Waals surface area contributed by atoms with Gasteiger partial charge < -0.3 is 4.52 Å². The van der Waals surface area contributed by atoms with E-state index in [9.17, 15) is 16.8 Å². The highest BCUT2D eigenvalue weighted by atomic mass is 32.2. The van der Waals surface area contributed by atoms with Gasteiger partial charge in [-0.1, -0.05) is 5.16 Å². The van der Waals surface area contributed by atoms with Gasteiger partial charge >= 0.3 is 0 Å². The fourth-order valence-corrected chi connectivity index (χ4v) is 6.03. The monoisotopic (exact) mass is 392 g/mol. The summed E-state index contributed by atoms with van der Waals surface area (Å²) in [4.78, 5) is 4.34. The van der Waals surface area contributed by atoms with E-state index in [1.807, 2.05) is 0 Å². The first-order chi connectivity index (χ1) is 11.6. The lowest BCUT2D eigenvalue weighted by atomic mass is 9.80. The third-order valence-corrected chi connectivity index (χ3v) is 8.53. The summed E-state index contributed by atoms with van der Waals surface area (Å²) >= 11 is 0. The highest BCUT2D eigenvalue weighted by molar-refractivity contribution is 7.89. The van der Waals surface area contributed by atoms with Crippen LogP contribution in [0.1, 0.15) is 38.4 Å². The maximum absolute atomic E-state index is 12.3. The first-order valence-electron chi connectivity index (χ1n) is 8.40. The lowest BCUT2D eigenvalue weighted by Gasteiger charge is -2.25. The summed E-state index contributed by atoms with van der Waals surface area (Å²) in [5, 5.41) is 3.85. The van der Waals surface area contributed by atoms with Crippen LogP contribution in [0, 0.1) is 12.8 Å². The first kappa shape index (κ1) is 18.7. The van der Waals surface area contributed by atoms with Crippen molar-refractivity contribution in [2.75, 3.05) is 24.6 Å². The molecule has 0 spiro atoms. The number of hydrogen-bond acceptors (Lipinski definition) is 7. The van der Waals surface area contributed by atoms with Crippen molar-refractivity contribution in [2.45, 2.75) is 45.1 Å². The minimum absolute atomic E-state index is 0.0111. The molecule has 1 aliphatic heterocycles. The van der Waals surface area contributed by atoms with Crippen molar-refractivity contribution in [3.05, 3.63) is 11.7 Å². The molecule has 1 aliphatic carbocycles. The van der Waals surface area contributed by atoms with Crippen LogP contribution in [0.3, 0.4) is 0 Å². The summed E-state index contributed by atoms with van der Waals surface area (Å²) in [6, 6.07) is -0.256. The molecule has 2 aliphatic rings. The molecular formula is C14H24N4O5S2. The van der Waals surface area contributed by atoms with Crippen molar-refractivity contribution in [1.29, 1.82) is 0 Å². The van der Waals surface area contributed by atoms with Crippen LogP contribution in [-0.4, -0.2) is 61.9 Å². The topological polar surface area (TPSA) is 122 Å². The van der Waals surface area contributed by atoms with E-state index in [1.165, 1.54) is 4.31 Å². The molecule has 2 heterocycles. The minimum atomic E-state index is -3.33. The average Bonchev–Trinajstić information content (AvgIpc) is 3.19. The zero-order valence-corrected chi connectivity index (χ0v) is 16.2. The predicted molar refractivity (Wildman–Crippen MR) is 90.9 cm³/mol. The number of nitrogens with one attached hydrogen (secondary N) is 1. The van der Waals surface area contributed by atoms with Crippen LogP contribution in [-0.2, 0) is 25.5 Å². The van der Waals surface area contributed by atoms with Gasteiger partial charge in [-0.2, -0.15) is 4.98 Å². The molecule has 0 radical (unpaired) electrons. The summed E-state index contributed by atoms with van der Waals surface area (Å²) in [7, 11) is -6.66. The number of hydrogen-bond donors (Lipinski definition) is 1. The molecular weight excluding hydrogens is 368 g/mol. The Balaban J connectivity index is 1.93. The van der Waals surface area contributed by atoms with Crippen LogP contribution in [0.4, 0.5) is 0 Å². The van der Waals surface area contributed by atoms with Gasteiger partial charge in [-0.15, -0.1) is 0 Å². The third-order valence-electron chi connectivity index (χ3n) is 5.28. The summed E-state index contributed by atoms with van der Waals surface area (Å²) in [5.41, 5.74) is -0.634. The Morgan fingerprint density at radius 1 is 1.28 bits per heavy atom. The Morgan fingerprint density at radius 3 is 2.56 bits per heavy atom. The Morgan fingerprint density at radius 2 is 2.00 bits per heavy atom. The van der Waals surface area contributed by atoms with Crippen molar-refractivity contribution in [3.8, 4) is 0 Å². The number of aromatic nitrogens is 2. The standard InChI is InChI=1S/C14H24N4O5S2/c1-4-24(19,20)17-12-6-11-8-18(25(21,22)5-2)9-14(11,7-12)13-15-10(3)16-23-13/h11-12,17H,4-9H2,1-3H3/t11-,12+,14-/m0/s1. The second-order valence-corrected chi connectivity index (χ2v) is 11.2. The van der Waals surface area contributed by atoms with Crippen LogP contribution in [0.5, 0.6) is 0 Å². The molecule has 9 nitrogen and oxygen atoms in total. The first-order valence-corrected chi connectivity index (χ1v) is 11.7. The highest BCUT2D eigenvalue weighted by Crippen LogP contribution is 2.50. The van der Waals surface area contributed by atoms with E-state index in [0.29, 0.717) is 31.1 Å². The van der Waals surface area contributed by atoms with Crippen LogP contribution in [0.15, 0.2) is 4.52 Å². The maximum atomic E-state index is 12.3. The third kappa shape index (κ3) is 3.34. The number of fused-ring (bicyclic) bond motifs is 1. The molecule has 3 atom stereocenters. The number of aryl methyl sites for hydroxylation is 1. The van der Waals surface area contributed by atoms with Gasteiger partial charge in [0, 0.05) is 19.1 Å². The molecule has 11 heteroatoms. The lowest BCUT2D eigenvalue weighted by molar-refractivity contribution is 0.259. The molecule has 1 aromatic rings. The Bertz CT molecular complexity index is 850. The highest BCUT2D eigenvalue weighted by Gasteiger charge is 2.59. The SMILES string of the molecule is CCS(=O)(=O)N[C@@H]1C[C@H]2CN(S(=O)(=O)CC)C[C@@]2(c2nc(C)no2)C1. The van der Waals surface area contributed by atoms with Gasteiger partial charge in [0.25, 0.3) is 0 Å². The van der Waals surface area contributed by atoms with E-state index in [4.69, 9.17) is 4.52 Å². The van der Waals surface area contributed by atoms with E-state index >= 15 is 0 Å². The molecule has 0 bridgehead atoms. The summed E-state index contributed by atoms with van der Waals surface area (Å²) in [6.45, 7) is 5.51. The van der Waals surface area contributed by atoms with Gasteiger partial charge in [-0.25, -0.2) is 25.9 Å². The molecule has 142 valence electrons. The van der Waals surface area contributed by atoms with Gasteiger partial charge in [0.15, 0.2) is 5.82 Å². The second-order valence-electron chi connectivity index (χ2n) is 6.85. The van der Waals surface area contributed by atoms with E-state index < -0.39 is 25.5 Å². The predicted octanol–water partition coefficient (Wildman–Crippen LogP) is -0.000980. The van der Waals surface area contributed by atoms with Crippen molar-refractivity contribution in [3.63, 3.8) is 0 Å². The second kappa shape index (κ2) is 6.29. The van der Waals surface area contributed by atoms with E-state index in [1.54, 1.807) is 20.8 Å². The van der Waals surface area contributed by atoms with Gasteiger partial charge in [0.05, 0.1) is 16.9 Å². The summed E-state index contributed by atoms with van der Waals surface area (Å²) < 4.78 is 58.1. The van der Waals surface area contributed by atoms with Gasteiger partial charge in [0.2, 0.25) is 25.9 Å². The smallest absolute Gasteiger partial charge is 0.234 e. The fourth-order valence-electron chi connectivity index (χ4n) is 3.98. The minimum Gasteiger partial charge on any atom is -0.339 e. The molecule has 0 aromatic carbocycles. The van der Waals surface area contributed by atoms with E-state index in [2.05, 4.69) is 14.9 Å². The summed E-state index contributed by atoms with van der Waals surface area (Å²) in [5.74, 6) is 0.875. The van der Waals surface area contributed by atoms with Crippen molar-refractivity contribution in [2.24, 2.45) is 5.92 Å². The molecule has 2 fully saturated rings. The quantitative estimate of drug-likeness (QED) is 0.723. The maximum Gasteiger partial charge on any atom is 0.234 e. The van der Waals surface area contributed by atoms with Crippen molar-refractivity contribution in [1.82, 2.24) is 19.2 Å². The molecule has 1 aromatic heterocycles. The molecule has 0 unspecified atom stereocenters. The molecule has 1 saturated heterocycles. The molecule has 1 saturated carbocycles. The normalized spacial score (nSPS) is 30.7. The van der Waals surface area contributed by atoms with Gasteiger partial charge in [-0.3, -0.25) is 0 Å². The zero-order chi connectivity index (χ0) is 18.5. The molecule has 25 heavy (non-hydrogen) atoms. The summed E-state index contributed by atoms with van der Waals surface area (Å²) in [6.07, 6.45) is 1.00. The number of sulfonamides is 2. The van der Waals surface area contributed by atoms with Crippen molar-refractivity contribution < 1.29 is 21.4 Å². The average molecular weight is 393 g/mol. The largest absolute Gasteiger partial charge is 0.339 e. The number of nitrogens with zero attached hydrogens (tertiary/aromatic N) is 3. The molecule has 0 amide bonds. The Kier molecular flexibility index (Phi) is 4.71. The van der Waals surface area contributed by atoms with Gasteiger partial charge in [0.1, 0.15) is 0 Å². The van der Waals surface area contributed by atoms with Crippen LogP contribution < -0.4 is 4.72 Å². The van der Waals surface area contributed by atoms with Gasteiger partial charge in [-0.05, 0) is 39.5 Å².